The molecule has 2 amide bonds. The molecule has 0 aromatic heterocycles. The molecule has 0 atom stereocenters. The Morgan fingerprint density at radius 2 is 1.57 bits per heavy atom. The van der Waals surface area contributed by atoms with E-state index in [0.717, 1.165) is 35.1 Å². The Balaban J connectivity index is 1.19. The molecule has 2 aromatic carbocycles. The van der Waals surface area contributed by atoms with Crippen LogP contribution in [0.2, 0.25) is 0 Å². The van der Waals surface area contributed by atoms with E-state index in [-0.39, 0.29) is 23.8 Å². The van der Waals surface area contributed by atoms with Crippen molar-refractivity contribution in [1.82, 2.24) is 10.2 Å². The Hall–Kier alpha value is -3.35. The summed E-state index contributed by atoms with van der Waals surface area (Å²) in [4.78, 5) is 40.5. The number of alkyl carbamates (subject to hydrolysis) is 1. The molecular formula is C28H30N2O5. The molecule has 2 aliphatic heterocycles. The van der Waals surface area contributed by atoms with Crippen LogP contribution in [0.3, 0.4) is 0 Å². The normalized spacial score (nSPS) is 27.6. The Morgan fingerprint density at radius 1 is 1.00 bits per heavy atom. The largest absolute Gasteiger partial charge is 0.479 e. The highest BCUT2D eigenvalue weighted by molar-refractivity contribution is 5.96. The Morgan fingerprint density at radius 3 is 2.14 bits per heavy atom. The Labute approximate surface area is 204 Å². The van der Waals surface area contributed by atoms with Gasteiger partial charge in [0, 0.05) is 12.5 Å². The molecule has 35 heavy (non-hydrogen) atoms. The summed E-state index contributed by atoms with van der Waals surface area (Å²) in [5, 5.41) is 12.8. The van der Waals surface area contributed by atoms with Crippen molar-refractivity contribution in [3.8, 4) is 11.1 Å². The van der Waals surface area contributed by atoms with Gasteiger partial charge in [-0.25, -0.2) is 9.59 Å². The van der Waals surface area contributed by atoms with E-state index in [1.807, 2.05) is 31.2 Å². The van der Waals surface area contributed by atoms with E-state index in [2.05, 4.69) is 29.6 Å². The smallest absolute Gasteiger partial charge is 0.408 e. The number of aliphatic carboxylic acids is 1. The van der Waals surface area contributed by atoms with E-state index in [9.17, 15) is 19.5 Å². The van der Waals surface area contributed by atoms with Crippen LogP contribution in [0.4, 0.5) is 4.79 Å². The van der Waals surface area contributed by atoms with Gasteiger partial charge in [-0.05, 0) is 53.4 Å². The Bertz CT molecular complexity index is 1180. The van der Waals surface area contributed by atoms with E-state index in [0.29, 0.717) is 32.2 Å². The van der Waals surface area contributed by atoms with Crippen LogP contribution >= 0.6 is 0 Å². The molecule has 2 heterocycles. The van der Waals surface area contributed by atoms with Crippen molar-refractivity contribution in [3.05, 3.63) is 59.7 Å². The number of carbonyl (C=O) groups excluding carboxylic acids is 2. The van der Waals surface area contributed by atoms with Gasteiger partial charge in [-0.15, -0.1) is 0 Å². The standard InChI is InChI=1S/C28H30N2O5/c1-26-15-28(16-26,24(32)33)30(17-26)23(31)27(12-6-7-13-27)29-25(34)35-14-22-20-10-4-2-8-18(20)19-9-3-5-11-21(19)22/h2-5,8-11,22H,6-7,12-17H2,1H3,(H,29,34)(H,32,33). The first-order chi connectivity index (χ1) is 16.8. The van der Waals surface area contributed by atoms with E-state index < -0.39 is 23.1 Å². The first-order valence-corrected chi connectivity index (χ1v) is 12.5. The highest BCUT2D eigenvalue weighted by atomic mass is 16.5. The first kappa shape index (κ1) is 22.1. The number of benzene rings is 2. The van der Waals surface area contributed by atoms with Crippen LogP contribution in [0.5, 0.6) is 0 Å². The van der Waals surface area contributed by atoms with E-state index in [4.69, 9.17) is 4.74 Å². The van der Waals surface area contributed by atoms with Crippen LogP contribution in [0.15, 0.2) is 48.5 Å². The van der Waals surface area contributed by atoms with Gasteiger partial charge >= 0.3 is 12.1 Å². The summed E-state index contributed by atoms with van der Waals surface area (Å²) in [6.07, 6.45) is 2.94. The van der Waals surface area contributed by atoms with Gasteiger partial charge in [-0.1, -0.05) is 68.3 Å². The number of hydrogen-bond donors (Lipinski definition) is 2. The lowest BCUT2D eigenvalue weighted by atomic mass is 9.63. The zero-order chi connectivity index (χ0) is 24.4. The molecule has 7 rings (SSSR count). The van der Waals surface area contributed by atoms with Gasteiger partial charge in [0.05, 0.1) is 0 Å². The number of carboxylic acids is 1. The van der Waals surface area contributed by atoms with Crippen LogP contribution in [-0.2, 0) is 14.3 Å². The molecule has 0 spiro atoms. The van der Waals surface area contributed by atoms with Crippen LogP contribution in [0, 0.1) is 5.41 Å². The summed E-state index contributed by atoms with van der Waals surface area (Å²) in [6, 6.07) is 16.3. The highest BCUT2D eigenvalue weighted by Gasteiger charge is 2.70. The van der Waals surface area contributed by atoms with Gasteiger partial charge in [0.25, 0.3) is 0 Å². The summed E-state index contributed by atoms with van der Waals surface area (Å²) in [5.41, 5.74) is 2.17. The number of rotatable bonds is 5. The van der Waals surface area contributed by atoms with Crippen molar-refractivity contribution in [2.24, 2.45) is 5.41 Å². The third-order valence-electron chi connectivity index (χ3n) is 8.69. The van der Waals surface area contributed by atoms with Crippen LogP contribution in [0.1, 0.15) is 62.5 Å². The molecule has 7 nitrogen and oxygen atoms in total. The van der Waals surface area contributed by atoms with Gasteiger partial charge in [-0.2, -0.15) is 0 Å². The number of carboxylic acid groups (broad SMARTS) is 1. The maximum Gasteiger partial charge on any atom is 0.408 e. The van der Waals surface area contributed by atoms with Gasteiger partial charge in [0.2, 0.25) is 5.91 Å². The number of nitrogens with one attached hydrogen (secondary N) is 1. The number of amides is 2. The van der Waals surface area contributed by atoms with Gasteiger partial charge < -0.3 is 20.1 Å². The molecular weight excluding hydrogens is 444 g/mol. The van der Waals surface area contributed by atoms with Gasteiger partial charge in [0.15, 0.2) is 0 Å². The monoisotopic (exact) mass is 474 g/mol. The molecule has 0 radical (unpaired) electrons. The van der Waals surface area contributed by atoms with Gasteiger partial charge in [-0.3, -0.25) is 4.79 Å². The fourth-order valence-corrected chi connectivity index (χ4v) is 7.19. The van der Waals surface area contributed by atoms with Crippen LogP contribution in [-0.4, -0.2) is 52.2 Å². The predicted octanol–water partition coefficient (Wildman–Crippen LogP) is 4.30. The second kappa shape index (κ2) is 7.57. The van der Waals surface area contributed by atoms with Crippen molar-refractivity contribution in [2.45, 2.75) is 62.4 Å². The fraction of sp³-hybridized carbons (Fsp3) is 0.464. The van der Waals surface area contributed by atoms with E-state index >= 15 is 0 Å². The molecule has 7 heteroatoms. The summed E-state index contributed by atoms with van der Waals surface area (Å²) in [6.45, 7) is 2.62. The predicted molar refractivity (Wildman–Crippen MR) is 129 cm³/mol. The topological polar surface area (TPSA) is 95.9 Å². The minimum Gasteiger partial charge on any atom is -0.479 e. The zero-order valence-corrected chi connectivity index (χ0v) is 19.9. The minimum atomic E-state index is -1.13. The van der Waals surface area contributed by atoms with Gasteiger partial charge in [0.1, 0.15) is 17.7 Å². The SMILES string of the molecule is CC12CN(C(=O)C3(NC(=O)OCC4c5ccccc5-c5ccccc54)CCCC3)C(C(=O)O)(C1)C2. The average molecular weight is 475 g/mol. The molecule has 2 saturated heterocycles. The van der Waals surface area contributed by atoms with Crippen molar-refractivity contribution in [1.29, 1.82) is 0 Å². The molecule has 2 N–H and O–H groups in total. The number of ether oxygens (including phenoxy) is 1. The number of hydrogen-bond acceptors (Lipinski definition) is 4. The van der Waals surface area contributed by atoms with Crippen LogP contribution in [0.25, 0.3) is 11.1 Å². The molecule has 2 bridgehead atoms. The quantitative estimate of drug-likeness (QED) is 0.674. The van der Waals surface area contributed by atoms with E-state index in [1.54, 1.807) is 0 Å². The van der Waals surface area contributed by atoms with Crippen molar-refractivity contribution in [2.75, 3.05) is 13.2 Å². The second-order valence-corrected chi connectivity index (χ2v) is 11.1. The third kappa shape index (κ3) is 3.20. The van der Waals surface area contributed by atoms with Crippen LogP contribution < -0.4 is 5.32 Å². The molecule has 182 valence electrons. The second-order valence-electron chi connectivity index (χ2n) is 11.1. The van der Waals surface area contributed by atoms with Crippen molar-refractivity contribution in [3.63, 3.8) is 0 Å². The lowest BCUT2D eigenvalue weighted by Crippen LogP contribution is -2.64. The number of carbonyl (C=O) groups is 3. The zero-order valence-electron chi connectivity index (χ0n) is 19.9. The summed E-state index contributed by atoms with van der Waals surface area (Å²) in [5.74, 6) is -1.29. The number of fused-ring (bicyclic) bond motifs is 4. The summed E-state index contributed by atoms with van der Waals surface area (Å²) >= 11 is 0. The fourth-order valence-electron chi connectivity index (χ4n) is 7.19. The lowest BCUT2D eigenvalue weighted by Gasteiger charge is -2.44. The Kier molecular flexibility index (Phi) is 4.79. The van der Waals surface area contributed by atoms with Crippen molar-refractivity contribution < 1.29 is 24.2 Å². The molecule has 5 aliphatic rings. The van der Waals surface area contributed by atoms with Crippen molar-refractivity contribution >= 4 is 18.0 Å². The van der Waals surface area contributed by atoms with E-state index in [1.165, 1.54) is 4.90 Å². The molecule has 2 saturated carbocycles. The molecule has 2 aromatic rings. The summed E-state index contributed by atoms with van der Waals surface area (Å²) < 4.78 is 5.73. The highest BCUT2D eigenvalue weighted by Crippen LogP contribution is 2.60. The maximum absolute atomic E-state index is 13.8. The maximum atomic E-state index is 13.8. The molecule has 4 fully saturated rings. The molecule has 3 aliphatic carbocycles. The first-order valence-electron chi connectivity index (χ1n) is 12.5. The third-order valence-corrected chi connectivity index (χ3v) is 8.69. The minimum absolute atomic E-state index is 0.0654. The lowest BCUT2D eigenvalue weighted by molar-refractivity contribution is -0.162. The average Bonchev–Trinajstić information content (AvgIpc) is 3.56. The molecule has 0 unspecified atom stereocenters. The number of nitrogens with zero attached hydrogens (tertiary/aromatic N) is 1. The summed E-state index contributed by atoms with van der Waals surface area (Å²) in [7, 11) is 0.